The van der Waals surface area contributed by atoms with Crippen LogP contribution in [-0.2, 0) is 9.53 Å². The first-order chi connectivity index (χ1) is 4.33. The van der Waals surface area contributed by atoms with Gasteiger partial charge in [0, 0.05) is 13.7 Å². The molecule has 1 unspecified atom stereocenters. The highest BCUT2D eigenvalue weighted by atomic mass is 16.5. The molecule has 1 saturated heterocycles. The summed E-state index contributed by atoms with van der Waals surface area (Å²) >= 11 is 0. The third-order valence-electron chi connectivity index (χ3n) is 1.77. The van der Waals surface area contributed by atoms with Gasteiger partial charge < -0.3 is 14.8 Å². The van der Waals surface area contributed by atoms with Crippen molar-refractivity contribution in [3.63, 3.8) is 0 Å². The van der Waals surface area contributed by atoms with E-state index in [2.05, 4.69) is 5.32 Å². The highest BCUT2D eigenvalue weighted by molar-refractivity contribution is 5.63. The van der Waals surface area contributed by atoms with Gasteiger partial charge in [-0.05, 0) is 13.0 Å². The monoisotopic (exact) mass is 129 g/mol. The Hall–Kier alpha value is -0.410. The number of nitrogens with one attached hydrogen (secondary N) is 1. The van der Waals surface area contributed by atoms with Crippen molar-refractivity contribution in [3.05, 3.63) is 0 Å². The van der Waals surface area contributed by atoms with Crippen LogP contribution in [0, 0.1) is 0 Å². The second-order valence-corrected chi connectivity index (χ2v) is 2.31. The number of hydrogen-bond acceptors (Lipinski definition) is 3. The summed E-state index contributed by atoms with van der Waals surface area (Å²) < 4.78 is 5.02. The van der Waals surface area contributed by atoms with Crippen LogP contribution in [0.1, 0.15) is 6.42 Å². The van der Waals surface area contributed by atoms with Crippen LogP contribution < -0.4 is 5.32 Å². The van der Waals surface area contributed by atoms with Crippen LogP contribution in [0.3, 0.4) is 0 Å². The predicted octanol–water partition coefficient (Wildman–Crippen LogP) is -0.436. The minimum atomic E-state index is -0.514. The first kappa shape index (κ1) is 6.71. The normalized spacial score (nSPS) is 34.8. The zero-order chi connectivity index (χ0) is 6.74. The van der Waals surface area contributed by atoms with E-state index in [0.717, 1.165) is 19.3 Å². The van der Waals surface area contributed by atoms with Crippen molar-refractivity contribution in [2.24, 2.45) is 0 Å². The highest BCUT2D eigenvalue weighted by Gasteiger charge is 2.32. The molecule has 1 rings (SSSR count). The quantitative estimate of drug-likeness (QED) is 0.514. The smallest absolute Gasteiger partial charge is 0.153 e. The number of rotatable bonds is 2. The number of hydrogen-bond donors (Lipinski definition) is 1. The number of ether oxygens (including phenoxy) is 1. The molecule has 0 aliphatic carbocycles. The topological polar surface area (TPSA) is 38.3 Å². The van der Waals surface area contributed by atoms with Crippen LogP contribution in [0.15, 0.2) is 0 Å². The van der Waals surface area contributed by atoms with Gasteiger partial charge in [0.1, 0.15) is 5.60 Å². The van der Waals surface area contributed by atoms with E-state index in [0.29, 0.717) is 6.54 Å². The molecular weight excluding hydrogens is 118 g/mol. The van der Waals surface area contributed by atoms with Crippen molar-refractivity contribution in [2.75, 3.05) is 20.2 Å². The van der Waals surface area contributed by atoms with Crippen molar-refractivity contribution < 1.29 is 9.53 Å². The van der Waals surface area contributed by atoms with E-state index in [4.69, 9.17) is 4.74 Å². The largest absolute Gasteiger partial charge is 0.369 e. The summed E-state index contributed by atoms with van der Waals surface area (Å²) in [5.74, 6) is 0. The maximum atomic E-state index is 10.4. The highest BCUT2D eigenvalue weighted by Crippen LogP contribution is 2.14. The van der Waals surface area contributed by atoms with E-state index in [9.17, 15) is 4.79 Å². The Morgan fingerprint density at radius 1 is 1.78 bits per heavy atom. The van der Waals surface area contributed by atoms with Gasteiger partial charge in [0.15, 0.2) is 6.29 Å². The van der Waals surface area contributed by atoms with Gasteiger partial charge in [0.25, 0.3) is 0 Å². The van der Waals surface area contributed by atoms with Crippen LogP contribution >= 0.6 is 0 Å². The van der Waals surface area contributed by atoms with Crippen molar-refractivity contribution in [2.45, 2.75) is 12.0 Å². The van der Waals surface area contributed by atoms with Gasteiger partial charge in [-0.2, -0.15) is 0 Å². The van der Waals surface area contributed by atoms with Gasteiger partial charge in [0.05, 0.1) is 0 Å². The average Bonchev–Trinajstić information content (AvgIpc) is 2.36. The van der Waals surface area contributed by atoms with E-state index < -0.39 is 5.60 Å². The predicted molar refractivity (Wildman–Crippen MR) is 33.3 cm³/mol. The second kappa shape index (κ2) is 2.45. The maximum Gasteiger partial charge on any atom is 0.153 e. The molecule has 0 saturated carbocycles. The number of carbonyl (C=O) groups is 1. The second-order valence-electron chi connectivity index (χ2n) is 2.31. The summed E-state index contributed by atoms with van der Waals surface area (Å²) in [6.07, 6.45) is 1.68. The Balaban J connectivity index is 2.55. The van der Waals surface area contributed by atoms with Gasteiger partial charge in [-0.15, -0.1) is 0 Å². The summed E-state index contributed by atoms with van der Waals surface area (Å²) in [4.78, 5) is 10.4. The SMILES string of the molecule is COC1(C=O)CCNC1. The number of aldehydes is 1. The molecule has 1 aliphatic heterocycles. The molecule has 3 nitrogen and oxygen atoms in total. The molecule has 0 aromatic heterocycles. The van der Waals surface area contributed by atoms with Crippen LogP contribution in [0.5, 0.6) is 0 Å². The van der Waals surface area contributed by atoms with Gasteiger partial charge in [-0.3, -0.25) is 0 Å². The third kappa shape index (κ3) is 1.11. The minimum absolute atomic E-state index is 0.514. The van der Waals surface area contributed by atoms with Crippen molar-refractivity contribution >= 4 is 6.29 Å². The third-order valence-corrected chi connectivity index (χ3v) is 1.77. The molecule has 3 heteroatoms. The van der Waals surface area contributed by atoms with E-state index in [1.54, 1.807) is 7.11 Å². The molecule has 52 valence electrons. The molecule has 1 fully saturated rings. The zero-order valence-electron chi connectivity index (χ0n) is 5.52. The van der Waals surface area contributed by atoms with Crippen LogP contribution in [0.4, 0.5) is 0 Å². The molecule has 0 aromatic carbocycles. The summed E-state index contributed by atoms with van der Waals surface area (Å²) in [7, 11) is 1.57. The first-order valence-electron chi connectivity index (χ1n) is 3.05. The fourth-order valence-corrected chi connectivity index (χ4v) is 1.01. The lowest BCUT2D eigenvalue weighted by molar-refractivity contribution is -0.125. The molecule has 1 heterocycles. The van der Waals surface area contributed by atoms with Gasteiger partial charge in [0.2, 0.25) is 0 Å². The average molecular weight is 129 g/mol. The Kier molecular flexibility index (Phi) is 1.83. The summed E-state index contributed by atoms with van der Waals surface area (Å²) in [5, 5.41) is 3.06. The molecule has 9 heavy (non-hydrogen) atoms. The fourth-order valence-electron chi connectivity index (χ4n) is 1.01. The lowest BCUT2D eigenvalue weighted by atomic mass is 10.1. The molecule has 0 bridgehead atoms. The summed E-state index contributed by atoms with van der Waals surface area (Å²) in [6.45, 7) is 1.54. The molecule has 0 amide bonds. The zero-order valence-corrected chi connectivity index (χ0v) is 5.52. The van der Waals surface area contributed by atoms with Gasteiger partial charge in [-0.25, -0.2) is 0 Å². The van der Waals surface area contributed by atoms with Crippen molar-refractivity contribution in [3.8, 4) is 0 Å². The molecule has 1 aliphatic rings. The van der Waals surface area contributed by atoms with Gasteiger partial charge in [-0.1, -0.05) is 0 Å². The van der Waals surface area contributed by atoms with Crippen LogP contribution in [-0.4, -0.2) is 32.1 Å². The first-order valence-corrected chi connectivity index (χ1v) is 3.05. The standard InChI is InChI=1S/C6H11NO2/c1-9-6(5-8)2-3-7-4-6/h5,7H,2-4H2,1H3. The van der Waals surface area contributed by atoms with Crippen LogP contribution in [0.25, 0.3) is 0 Å². The summed E-state index contributed by atoms with van der Waals surface area (Å²) in [5.41, 5.74) is -0.514. The Bertz CT molecular complexity index is 108. The lowest BCUT2D eigenvalue weighted by Gasteiger charge is -2.17. The Morgan fingerprint density at radius 2 is 2.56 bits per heavy atom. The van der Waals surface area contributed by atoms with Gasteiger partial charge >= 0.3 is 0 Å². The molecule has 0 aromatic rings. The van der Waals surface area contributed by atoms with Crippen molar-refractivity contribution in [1.29, 1.82) is 0 Å². The van der Waals surface area contributed by atoms with E-state index in [1.165, 1.54) is 0 Å². The Morgan fingerprint density at radius 3 is 2.78 bits per heavy atom. The lowest BCUT2D eigenvalue weighted by Crippen LogP contribution is -2.35. The van der Waals surface area contributed by atoms with E-state index in [1.807, 2.05) is 0 Å². The minimum Gasteiger partial charge on any atom is -0.369 e. The van der Waals surface area contributed by atoms with E-state index in [-0.39, 0.29) is 0 Å². The molecular formula is C6H11NO2. The summed E-state index contributed by atoms with van der Waals surface area (Å²) in [6, 6.07) is 0. The molecule has 0 radical (unpaired) electrons. The number of carbonyl (C=O) groups excluding carboxylic acids is 1. The van der Waals surface area contributed by atoms with Crippen LogP contribution in [0.2, 0.25) is 0 Å². The molecule has 1 atom stereocenters. The fraction of sp³-hybridized carbons (Fsp3) is 0.833. The van der Waals surface area contributed by atoms with Crippen molar-refractivity contribution in [1.82, 2.24) is 5.32 Å². The maximum absolute atomic E-state index is 10.4. The van der Waals surface area contributed by atoms with E-state index >= 15 is 0 Å². The molecule has 1 N–H and O–H groups in total. The molecule has 0 spiro atoms. The number of methoxy groups -OCH3 is 1. The Labute approximate surface area is 54.4 Å².